The normalized spacial score (nSPS) is 22.9. The van der Waals surface area contributed by atoms with Crippen molar-refractivity contribution in [2.75, 3.05) is 7.11 Å². The lowest BCUT2D eigenvalue weighted by Crippen LogP contribution is -2.46. The van der Waals surface area contributed by atoms with Crippen molar-refractivity contribution >= 4 is 5.91 Å². The summed E-state index contributed by atoms with van der Waals surface area (Å²) in [5.41, 5.74) is 1.53. The van der Waals surface area contributed by atoms with Crippen molar-refractivity contribution in [3.05, 3.63) is 35.4 Å². The fourth-order valence-corrected chi connectivity index (χ4v) is 1.99. The van der Waals surface area contributed by atoms with Gasteiger partial charge in [-0.15, -0.1) is 0 Å². The molecule has 2 rings (SSSR count). The molecule has 1 amide bonds. The van der Waals surface area contributed by atoms with E-state index in [0.717, 1.165) is 5.56 Å². The second-order valence-electron chi connectivity index (χ2n) is 4.39. The van der Waals surface area contributed by atoms with Gasteiger partial charge in [-0.25, -0.2) is 0 Å². The van der Waals surface area contributed by atoms with Gasteiger partial charge < -0.3 is 15.2 Å². The maximum Gasteiger partial charge on any atom is 0.251 e. The lowest BCUT2D eigenvalue weighted by molar-refractivity contribution is 0.0561. The minimum absolute atomic E-state index is 0.0884. The molecule has 1 saturated carbocycles. The molecule has 0 unspecified atom stereocenters. The van der Waals surface area contributed by atoms with Crippen LogP contribution in [0.25, 0.3) is 0 Å². The predicted octanol–water partition coefficient (Wildman–Crippen LogP) is 1.09. The van der Waals surface area contributed by atoms with Crippen LogP contribution < -0.4 is 5.32 Å². The molecule has 0 aliphatic heterocycles. The molecule has 17 heavy (non-hydrogen) atoms. The highest BCUT2D eigenvalue weighted by Gasteiger charge is 2.28. The maximum absolute atomic E-state index is 12.0. The third-order valence-electron chi connectivity index (χ3n) is 3.01. The molecular weight excluding hydrogens is 218 g/mol. The summed E-state index contributed by atoms with van der Waals surface area (Å²) < 4.78 is 5.06. The van der Waals surface area contributed by atoms with Crippen molar-refractivity contribution in [2.45, 2.75) is 31.6 Å². The molecule has 4 heteroatoms. The number of hydrogen-bond donors (Lipinski definition) is 2. The first-order valence-electron chi connectivity index (χ1n) is 5.76. The van der Waals surface area contributed by atoms with Crippen molar-refractivity contribution in [3.63, 3.8) is 0 Å². The van der Waals surface area contributed by atoms with E-state index in [4.69, 9.17) is 9.84 Å². The molecule has 1 aliphatic carbocycles. The van der Waals surface area contributed by atoms with Gasteiger partial charge in [-0.3, -0.25) is 4.79 Å². The number of carbonyl (C=O) groups excluding carboxylic acids is 1. The van der Waals surface area contributed by atoms with Crippen molar-refractivity contribution in [1.82, 2.24) is 5.32 Å². The topological polar surface area (TPSA) is 58.6 Å². The summed E-state index contributed by atoms with van der Waals surface area (Å²) >= 11 is 0. The van der Waals surface area contributed by atoms with E-state index in [1.165, 1.54) is 0 Å². The Morgan fingerprint density at radius 2 is 2.18 bits per heavy atom. The summed E-state index contributed by atoms with van der Waals surface area (Å²) in [5.74, 6) is -0.0884. The summed E-state index contributed by atoms with van der Waals surface area (Å²) in [4.78, 5) is 12.0. The Hall–Kier alpha value is -1.39. The van der Waals surface area contributed by atoms with Crippen LogP contribution in [0.5, 0.6) is 0 Å². The smallest absolute Gasteiger partial charge is 0.251 e. The molecule has 0 radical (unpaired) electrons. The number of methoxy groups -OCH3 is 1. The Morgan fingerprint density at radius 1 is 1.47 bits per heavy atom. The third-order valence-corrected chi connectivity index (χ3v) is 3.01. The van der Waals surface area contributed by atoms with E-state index in [-0.39, 0.29) is 18.1 Å². The van der Waals surface area contributed by atoms with E-state index in [2.05, 4.69) is 5.32 Å². The number of rotatable bonds is 4. The molecule has 0 aromatic heterocycles. The molecule has 0 heterocycles. The van der Waals surface area contributed by atoms with Gasteiger partial charge in [0.1, 0.15) is 0 Å². The van der Waals surface area contributed by atoms with E-state index >= 15 is 0 Å². The van der Waals surface area contributed by atoms with Gasteiger partial charge in [0.05, 0.1) is 12.7 Å². The third kappa shape index (κ3) is 2.84. The molecule has 2 N–H and O–H groups in total. The van der Waals surface area contributed by atoms with E-state index in [0.29, 0.717) is 25.0 Å². The van der Waals surface area contributed by atoms with Crippen LogP contribution in [-0.4, -0.2) is 30.3 Å². The van der Waals surface area contributed by atoms with Gasteiger partial charge in [-0.05, 0) is 24.5 Å². The molecule has 0 saturated heterocycles. The second kappa shape index (κ2) is 5.29. The first kappa shape index (κ1) is 12.1. The highest BCUT2D eigenvalue weighted by atomic mass is 16.5. The SMILES string of the molecule is COCc1ccccc1C(=O)NC1CC(O)C1. The molecular formula is C13H17NO3. The van der Waals surface area contributed by atoms with Gasteiger partial charge in [-0.2, -0.15) is 0 Å². The van der Waals surface area contributed by atoms with E-state index in [1.54, 1.807) is 13.2 Å². The minimum Gasteiger partial charge on any atom is -0.393 e. The fourth-order valence-electron chi connectivity index (χ4n) is 1.99. The Kier molecular flexibility index (Phi) is 3.76. The van der Waals surface area contributed by atoms with E-state index in [9.17, 15) is 4.79 Å². The molecule has 92 valence electrons. The summed E-state index contributed by atoms with van der Waals surface area (Å²) in [5, 5.41) is 12.1. The molecule has 1 aliphatic rings. The lowest BCUT2D eigenvalue weighted by Gasteiger charge is -2.32. The molecule has 1 fully saturated rings. The molecule has 1 aromatic rings. The highest BCUT2D eigenvalue weighted by Crippen LogP contribution is 2.20. The van der Waals surface area contributed by atoms with Crippen molar-refractivity contribution in [1.29, 1.82) is 0 Å². The summed E-state index contributed by atoms with van der Waals surface area (Å²) in [6.45, 7) is 0.427. The van der Waals surface area contributed by atoms with Crippen molar-refractivity contribution in [2.24, 2.45) is 0 Å². The van der Waals surface area contributed by atoms with Crippen molar-refractivity contribution in [3.8, 4) is 0 Å². The van der Waals surface area contributed by atoms with Gasteiger partial charge in [-0.1, -0.05) is 18.2 Å². The maximum atomic E-state index is 12.0. The average molecular weight is 235 g/mol. The highest BCUT2D eigenvalue weighted by molar-refractivity contribution is 5.95. The fraction of sp³-hybridized carbons (Fsp3) is 0.462. The van der Waals surface area contributed by atoms with Crippen LogP contribution in [0.3, 0.4) is 0 Å². The monoisotopic (exact) mass is 235 g/mol. The van der Waals surface area contributed by atoms with Crippen LogP contribution in [0.1, 0.15) is 28.8 Å². The number of benzene rings is 1. The number of carbonyl (C=O) groups is 1. The standard InChI is InChI=1S/C13H17NO3/c1-17-8-9-4-2-3-5-12(9)13(16)14-10-6-11(15)7-10/h2-5,10-11,15H,6-8H2,1H3,(H,14,16). The minimum atomic E-state index is -0.255. The van der Waals surface area contributed by atoms with Crippen LogP contribution in [0.15, 0.2) is 24.3 Å². The number of nitrogens with one attached hydrogen (secondary N) is 1. The second-order valence-corrected chi connectivity index (χ2v) is 4.39. The first-order chi connectivity index (χ1) is 8.20. The first-order valence-corrected chi connectivity index (χ1v) is 5.76. The Balaban J connectivity index is 2.02. The Labute approximate surface area is 101 Å². The average Bonchev–Trinajstić information content (AvgIpc) is 2.28. The van der Waals surface area contributed by atoms with E-state index in [1.807, 2.05) is 18.2 Å². The van der Waals surface area contributed by atoms with E-state index < -0.39 is 0 Å². The van der Waals surface area contributed by atoms with Gasteiger partial charge in [0.2, 0.25) is 0 Å². The zero-order chi connectivity index (χ0) is 12.3. The zero-order valence-corrected chi connectivity index (χ0v) is 9.85. The number of aliphatic hydroxyl groups is 1. The van der Waals surface area contributed by atoms with Crippen LogP contribution in [0.2, 0.25) is 0 Å². The largest absolute Gasteiger partial charge is 0.393 e. The number of hydrogen-bond acceptors (Lipinski definition) is 3. The molecule has 0 atom stereocenters. The van der Waals surface area contributed by atoms with Crippen LogP contribution in [-0.2, 0) is 11.3 Å². The number of ether oxygens (including phenoxy) is 1. The molecule has 0 spiro atoms. The van der Waals surface area contributed by atoms with Crippen LogP contribution in [0, 0.1) is 0 Å². The predicted molar refractivity (Wildman–Crippen MR) is 63.7 cm³/mol. The molecule has 4 nitrogen and oxygen atoms in total. The van der Waals surface area contributed by atoms with Crippen LogP contribution in [0.4, 0.5) is 0 Å². The summed E-state index contributed by atoms with van der Waals surface area (Å²) in [6, 6.07) is 7.50. The molecule has 1 aromatic carbocycles. The van der Waals surface area contributed by atoms with Crippen molar-refractivity contribution < 1.29 is 14.6 Å². The molecule has 0 bridgehead atoms. The number of amides is 1. The summed E-state index contributed by atoms with van der Waals surface area (Å²) in [6.07, 6.45) is 1.05. The quantitative estimate of drug-likeness (QED) is 0.821. The van der Waals surface area contributed by atoms with Crippen LogP contribution >= 0.6 is 0 Å². The van der Waals surface area contributed by atoms with Gasteiger partial charge >= 0.3 is 0 Å². The number of aliphatic hydroxyl groups excluding tert-OH is 1. The summed E-state index contributed by atoms with van der Waals surface area (Å²) in [7, 11) is 1.61. The van der Waals surface area contributed by atoms with Gasteiger partial charge in [0.15, 0.2) is 0 Å². The van der Waals surface area contributed by atoms with Gasteiger partial charge in [0.25, 0.3) is 5.91 Å². The lowest BCUT2D eigenvalue weighted by atomic mass is 9.89. The van der Waals surface area contributed by atoms with Gasteiger partial charge in [0, 0.05) is 18.7 Å². The zero-order valence-electron chi connectivity index (χ0n) is 9.85. The Bertz CT molecular complexity index is 399. The Morgan fingerprint density at radius 3 is 2.82 bits per heavy atom.